The molecule has 0 saturated carbocycles. The van der Waals surface area contributed by atoms with Crippen molar-refractivity contribution in [3.05, 3.63) is 30.1 Å². The zero-order valence-corrected chi connectivity index (χ0v) is 10.8. The topological polar surface area (TPSA) is 59.5 Å². The predicted molar refractivity (Wildman–Crippen MR) is 66.8 cm³/mol. The van der Waals surface area contributed by atoms with Crippen molar-refractivity contribution in [3.63, 3.8) is 0 Å². The number of aromatic nitrogens is 1. The molecule has 0 saturated heterocycles. The number of hydrogen-bond acceptors (Lipinski definition) is 4. The van der Waals surface area contributed by atoms with Crippen molar-refractivity contribution in [2.24, 2.45) is 0 Å². The average molecular weight is 250 g/mol. The molecular formula is C13H18N2O3. The van der Waals surface area contributed by atoms with Gasteiger partial charge in [-0.25, -0.2) is 0 Å². The highest BCUT2D eigenvalue weighted by atomic mass is 16.5. The summed E-state index contributed by atoms with van der Waals surface area (Å²) in [6, 6.07) is 5.70. The van der Waals surface area contributed by atoms with Gasteiger partial charge in [0, 0.05) is 38.3 Å². The third kappa shape index (κ3) is 4.95. The molecule has 0 aliphatic rings. The number of ether oxygens (including phenoxy) is 1. The van der Waals surface area contributed by atoms with Crippen molar-refractivity contribution >= 4 is 11.9 Å². The summed E-state index contributed by atoms with van der Waals surface area (Å²) in [5, 5.41) is 0. The van der Waals surface area contributed by atoms with Crippen LogP contribution >= 0.6 is 0 Å². The van der Waals surface area contributed by atoms with E-state index in [2.05, 4.69) is 9.72 Å². The smallest absolute Gasteiger partial charge is 0.306 e. The number of carbonyl (C=O) groups is 2. The predicted octanol–water partition coefficient (Wildman–Crippen LogP) is 1.04. The molecule has 0 unspecified atom stereocenters. The average Bonchev–Trinajstić information content (AvgIpc) is 2.42. The molecule has 0 fully saturated rings. The summed E-state index contributed by atoms with van der Waals surface area (Å²) in [6.07, 6.45) is 2.75. The molecule has 98 valence electrons. The molecule has 0 aliphatic carbocycles. The second-order valence-electron chi connectivity index (χ2n) is 3.96. The maximum atomic E-state index is 11.7. The number of methoxy groups -OCH3 is 1. The molecule has 0 aliphatic heterocycles. The van der Waals surface area contributed by atoms with Gasteiger partial charge in [-0.3, -0.25) is 14.6 Å². The molecule has 0 N–H and O–H groups in total. The lowest BCUT2D eigenvalue weighted by atomic mass is 10.2. The quantitative estimate of drug-likeness (QED) is 0.708. The summed E-state index contributed by atoms with van der Waals surface area (Å²) in [6.45, 7) is 0.594. The summed E-state index contributed by atoms with van der Waals surface area (Å²) in [4.78, 5) is 28.4. The summed E-state index contributed by atoms with van der Waals surface area (Å²) >= 11 is 0. The molecule has 1 aromatic heterocycles. The van der Waals surface area contributed by atoms with Gasteiger partial charge in [0.2, 0.25) is 5.91 Å². The highest BCUT2D eigenvalue weighted by molar-refractivity contribution is 5.81. The van der Waals surface area contributed by atoms with Crippen LogP contribution in [0.15, 0.2) is 24.4 Å². The number of esters is 1. The fourth-order valence-electron chi connectivity index (χ4n) is 1.45. The van der Waals surface area contributed by atoms with Gasteiger partial charge in [0.1, 0.15) is 0 Å². The van der Waals surface area contributed by atoms with Gasteiger partial charge in [-0.15, -0.1) is 0 Å². The molecule has 0 aromatic carbocycles. The number of pyridine rings is 1. The van der Waals surface area contributed by atoms with E-state index in [-0.39, 0.29) is 24.7 Å². The van der Waals surface area contributed by atoms with Gasteiger partial charge in [-0.05, 0) is 12.1 Å². The van der Waals surface area contributed by atoms with Gasteiger partial charge >= 0.3 is 5.97 Å². The highest BCUT2D eigenvalue weighted by Gasteiger charge is 2.11. The molecule has 5 heteroatoms. The minimum Gasteiger partial charge on any atom is -0.469 e. The van der Waals surface area contributed by atoms with E-state index in [0.29, 0.717) is 13.0 Å². The first-order chi connectivity index (χ1) is 8.63. The molecule has 0 spiro atoms. The van der Waals surface area contributed by atoms with Gasteiger partial charge in [0.25, 0.3) is 0 Å². The number of rotatable bonds is 6. The molecule has 5 nitrogen and oxygen atoms in total. The van der Waals surface area contributed by atoms with Crippen LogP contribution in [0.1, 0.15) is 18.5 Å². The van der Waals surface area contributed by atoms with Crippen molar-refractivity contribution in [2.45, 2.75) is 19.3 Å². The Morgan fingerprint density at radius 3 is 2.72 bits per heavy atom. The van der Waals surface area contributed by atoms with Crippen LogP contribution in [0.5, 0.6) is 0 Å². The van der Waals surface area contributed by atoms with Crippen LogP contribution in [-0.4, -0.2) is 42.5 Å². The summed E-state index contributed by atoms with van der Waals surface area (Å²) in [7, 11) is 3.04. The number of hydrogen-bond donors (Lipinski definition) is 0. The summed E-state index contributed by atoms with van der Waals surface area (Å²) in [5.41, 5.74) is 0.949. The Balaban J connectivity index is 2.30. The standard InChI is InChI=1S/C13H18N2O3/c1-15(12(16)6-7-13(17)18-2)10-8-11-5-3-4-9-14-11/h3-5,9H,6-8,10H2,1-2H3. The van der Waals surface area contributed by atoms with Crippen LogP contribution < -0.4 is 0 Å². The van der Waals surface area contributed by atoms with Crippen LogP contribution in [0.4, 0.5) is 0 Å². The van der Waals surface area contributed by atoms with Crippen LogP contribution in [0.25, 0.3) is 0 Å². The molecule has 1 rings (SSSR count). The van der Waals surface area contributed by atoms with E-state index in [4.69, 9.17) is 0 Å². The Hall–Kier alpha value is -1.91. The zero-order valence-electron chi connectivity index (χ0n) is 10.8. The van der Waals surface area contributed by atoms with Crippen LogP contribution in [-0.2, 0) is 20.7 Å². The third-order valence-electron chi connectivity index (χ3n) is 2.63. The minimum atomic E-state index is -0.360. The molecule has 0 bridgehead atoms. The maximum absolute atomic E-state index is 11.7. The van der Waals surface area contributed by atoms with E-state index in [0.717, 1.165) is 5.69 Å². The zero-order chi connectivity index (χ0) is 13.4. The van der Waals surface area contributed by atoms with Gasteiger partial charge in [0.05, 0.1) is 13.5 Å². The number of amides is 1. The lowest BCUT2D eigenvalue weighted by Crippen LogP contribution is -2.29. The van der Waals surface area contributed by atoms with Crippen LogP contribution in [0.2, 0.25) is 0 Å². The summed E-state index contributed by atoms with van der Waals surface area (Å²) in [5.74, 6) is -0.419. The normalized spacial score (nSPS) is 9.89. The molecule has 0 atom stereocenters. The second-order valence-corrected chi connectivity index (χ2v) is 3.96. The van der Waals surface area contributed by atoms with Crippen molar-refractivity contribution in [1.82, 2.24) is 9.88 Å². The first-order valence-electron chi connectivity index (χ1n) is 5.84. The fourth-order valence-corrected chi connectivity index (χ4v) is 1.45. The van der Waals surface area contributed by atoms with Crippen LogP contribution in [0.3, 0.4) is 0 Å². The van der Waals surface area contributed by atoms with E-state index in [1.54, 1.807) is 18.1 Å². The van der Waals surface area contributed by atoms with E-state index < -0.39 is 0 Å². The lowest BCUT2D eigenvalue weighted by Gasteiger charge is -2.16. The Morgan fingerprint density at radius 2 is 2.11 bits per heavy atom. The summed E-state index contributed by atoms with van der Waals surface area (Å²) < 4.78 is 4.49. The molecular weight excluding hydrogens is 232 g/mol. The van der Waals surface area contributed by atoms with Crippen molar-refractivity contribution < 1.29 is 14.3 Å². The first-order valence-corrected chi connectivity index (χ1v) is 5.84. The first kappa shape index (κ1) is 14.2. The van der Waals surface area contributed by atoms with Crippen molar-refractivity contribution in [3.8, 4) is 0 Å². The molecule has 0 radical (unpaired) electrons. The number of likely N-dealkylation sites (N-methyl/N-ethyl adjacent to an activating group) is 1. The van der Waals surface area contributed by atoms with E-state index >= 15 is 0 Å². The Kier molecular flexibility index (Phi) is 5.84. The molecule has 1 amide bonds. The van der Waals surface area contributed by atoms with Crippen molar-refractivity contribution in [1.29, 1.82) is 0 Å². The highest BCUT2D eigenvalue weighted by Crippen LogP contribution is 2.00. The fraction of sp³-hybridized carbons (Fsp3) is 0.462. The Labute approximate surface area is 107 Å². The van der Waals surface area contributed by atoms with E-state index in [1.165, 1.54) is 7.11 Å². The SMILES string of the molecule is COC(=O)CCC(=O)N(C)CCc1ccccn1. The minimum absolute atomic E-state index is 0.0590. The van der Waals surface area contributed by atoms with Crippen molar-refractivity contribution in [2.75, 3.05) is 20.7 Å². The van der Waals surface area contributed by atoms with Gasteiger partial charge in [-0.2, -0.15) is 0 Å². The van der Waals surface area contributed by atoms with E-state index in [1.807, 2.05) is 18.2 Å². The van der Waals surface area contributed by atoms with Gasteiger partial charge < -0.3 is 9.64 Å². The largest absolute Gasteiger partial charge is 0.469 e. The van der Waals surface area contributed by atoms with Crippen LogP contribution in [0, 0.1) is 0 Å². The number of nitrogens with zero attached hydrogens (tertiary/aromatic N) is 2. The molecule has 18 heavy (non-hydrogen) atoms. The number of carbonyl (C=O) groups excluding carboxylic acids is 2. The van der Waals surface area contributed by atoms with E-state index in [9.17, 15) is 9.59 Å². The van der Waals surface area contributed by atoms with Gasteiger partial charge in [0.15, 0.2) is 0 Å². The molecule has 1 heterocycles. The maximum Gasteiger partial charge on any atom is 0.306 e. The second kappa shape index (κ2) is 7.42. The lowest BCUT2D eigenvalue weighted by molar-refractivity contribution is -0.143. The Morgan fingerprint density at radius 1 is 1.33 bits per heavy atom. The van der Waals surface area contributed by atoms with Gasteiger partial charge in [-0.1, -0.05) is 6.07 Å². The Bertz CT molecular complexity index is 392. The monoisotopic (exact) mass is 250 g/mol. The third-order valence-corrected chi connectivity index (χ3v) is 2.63. The molecule has 1 aromatic rings.